The molecular formula is C20H41O9P. The molecule has 3 atom stereocenters. The Morgan fingerprint density at radius 2 is 1.27 bits per heavy atom. The molecule has 0 fully saturated rings. The summed E-state index contributed by atoms with van der Waals surface area (Å²) in [5, 5.41) is 27.3. The Hall–Kier alpha value is -0.540. The van der Waals surface area contributed by atoms with Crippen LogP contribution in [0.1, 0.15) is 84.0 Å². The lowest BCUT2D eigenvalue weighted by Gasteiger charge is -2.16. The van der Waals surface area contributed by atoms with Crippen molar-refractivity contribution < 1.29 is 43.4 Å². The van der Waals surface area contributed by atoms with E-state index in [9.17, 15) is 19.4 Å². The van der Waals surface area contributed by atoms with Gasteiger partial charge in [-0.2, -0.15) is 0 Å². The van der Waals surface area contributed by atoms with E-state index in [1.165, 1.54) is 51.4 Å². The van der Waals surface area contributed by atoms with E-state index in [2.05, 4.69) is 16.0 Å². The number of aliphatic hydroxyl groups excluding tert-OH is 3. The number of hydrogen-bond acceptors (Lipinski definition) is 8. The maximum Gasteiger partial charge on any atom is 0.472 e. The van der Waals surface area contributed by atoms with Gasteiger partial charge in [0, 0.05) is 6.42 Å². The van der Waals surface area contributed by atoms with Gasteiger partial charge in [0.15, 0.2) is 0 Å². The first-order chi connectivity index (χ1) is 14.3. The van der Waals surface area contributed by atoms with Crippen LogP contribution in [0.3, 0.4) is 0 Å². The van der Waals surface area contributed by atoms with Gasteiger partial charge in [-0.25, -0.2) is 4.57 Å². The molecular weight excluding hydrogens is 415 g/mol. The number of carbonyl (C=O) groups is 1. The molecule has 180 valence electrons. The molecule has 1 unspecified atom stereocenters. The van der Waals surface area contributed by atoms with Gasteiger partial charge in [-0.3, -0.25) is 13.8 Å². The highest BCUT2D eigenvalue weighted by atomic mass is 31.2. The summed E-state index contributed by atoms with van der Waals surface area (Å²) >= 11 is 0. The van der Waals surface area contributed by atoms with Crippen molar-refractivity contribution in [2.75, 3.05) is 26.4 Å². The smallest absolute Gasteiger partial charge is 0.463 e. The highest BCUT2D eigenvalue weighted by Crippen LogP contribution is 2.43. The van der Waals surface area contributed by atoms with Crippen molar-refractivity contribution in [2.24, 2.45) is 0 Å². The molecule has 0 bridgehead atoms. The summed E-state index contributed by atoms with van der Waals surface area (Å²) in [6.07, 6.45) is 10.7. The zero-order chi connectivity index (χ0) is 22.7. The van der Waals surface area contributed by atoms with Gasteiger partial charge in [-0.1, -0.05) is 71.1 Å². The highest BCUT2D eigenvalue weighted by molar-refractivity contribution is 7.47. The Bertz CT molecular complexity index is 462. The maximum atomic E-state index is 11.7. The Balaban J connectivity index is 3.60. The molecule has 0 aromatic rings. The molecule has 0 aliphatic rings. The van der Waals surface area contributed by atoms with Crippen molar-refractivity contribution in [3.63, 3.8) is 0 Å². The third kappa shape index (κ3) is 19.4. The predicted molar refractivity (Wildman–Crippen MR) is 113 cm³/mol. The summed E-state index contributed by atoms with van der Waals surface area (Å²) in [5.41, 5.74) is 0. The van der Waals surface area contributed by atoms with Crippen LogP contribution < -0.4 is 0 Å². The number of carbonyl (C=O) groups excluding carboxylic acids is 1. The topological polar surface area (TPSA) is 143 Å². The van der Waals surface area contributed by atoms with Crippen LogP contribution in [0.5, 0.6) is 0 Å². The monoisotopic (exact) mass is 456 g/mol. The van der Waals surface area contributed by atoms with E-state index in [1.54, 1.807) is 0 Å². The van der Waals surface area contributed by atoms with Crippen LogP contribution in [0.4, 0.5) is 0 Å². The third-order valence-electron chi connectivity index (χ3n) is 4.49. The molecule has 0 aliphatic heterocycles. The Morgan fingerprint density at radius 1 is 0.800 bits per heavy atom. The van der Waals surface area contributed by atoms with E-state index in [0.717, 1.165) is 19.3 Å². The van der Waals surface area contributed by atoms with E-state index in [1.807, 2.05) is 0 Å². The van der Waals surface area contributed by atoms with Gasteiger partial charge in [0.2, 0.25) is 0 Å². The summed E-state index contributed by atoms with van der Waals surface area (Å²) in [6, 6.07) is 0. The third-order valence-corrected chi connectivity index (χ3v) is 5.44. The molecule has 0 saturated heterocycles. The van der Waals surface area contributed by atoms with Crippen LogP contribution in [-0.4, -0.2) is 64.8 Å². The molecule has 30 heavy (non-hydrogen) atoms. The minimum absolute atomic E-state index is 0.269. The molecule has 0 heterocycles. The highest BCUT2D eigenvalue weighted by Gasteiger charge is 2.24. The van der Waals surface area contributed by atoms with Crippen LogP contribution in [0.25, 0.3) is 0 Å². The normalized spacial score (nSPS) is 15.5. The number of rotatable bonds is 21. The van der Waals surface area contributed by atoms with Crippen LogP contribution >= 0.6 is 7.82 Å². The van der Waals surface area contributed by atoms with E-state index in [0.29, 0.717) is 0 Å². The van der Waals surface area contributed by atoms with E-state index < -0.39 is 45.8 Å². The van der Waals surface area contributed by atoms with Crippen molar-refractivity contribution in [3.8, 4) is 0 Å². The second-order valence-corrected chi connectivity index (χ2v) is 8.97. The lowest BCUT2D eigenvalue weighted by molar-refractivity contribution is -0.147. The van der Waals surface area contributed by atoms with E-state index >= 15 is 0 Å². The minimum Gasteiger partial charge on any atom is -0.463 e. The first-order valence-corrected chi connectivity index (χ1v) is 12.5. The number of esters is 1. The summed E-state index contributed by atoms with van der Waals surface area (Å²) in [7, 11) is -4.47. The standard InChI is InChI=1S/C20H41O9P/c1-2-3-4-5-6-7-8-9-10-11-12-13-20(24)27-15-19(23)17-29-30(25,26)28-16-18(22)14-21/h18-19,21-23H,2-17H2,1H3,(H,25,26)/t18-,19+/m0/s1. The van der Waals surface area contributed by atoms with Gasteiger partial charge >= 0.3 is 13.8 Å². The molecule has 9 nitrogen and oxygen atoms in total. The summed E-state index contributed by atoms with van der Waals surface area (Å²) in [6.45, 7) is 0.0746. The Kier molecular flexibility index (Phi) is 18.8. The lowest BCUT2D eigenvalue weighted by atomic mass is 10.1. The summed E-state index contributed by atoms with van der Waals surface area (Å²) < 4.78 is 25.4. The van der Waals surface area contributed by atoms with Crippen LogP contribution in [-0.2, 0) is 23.1 Å². The number of aliphatic hydroxyl groups is 3. The quantitative estimate of drug-likeness (QED) is 0.116. The molecule has 0 amide bonds. The molecule has 0 aliphatic carbocycles. The number of phosphoric ester groups is 1. The molecule has 0 saturated carbocycles. The first kappa shape index (κ1) is 29.5. The SMILES string of the molecule is CCCCCCCCCCCCCC(=O)OC[C@@H](O)COP(=O)(O)OC[C@@H](O)CO. The van der Waals surface area contributed by atoms with Crippen LogP contribution in [0.15, 0.2) is 0 Å². The lowest BCUT2D eigenvalue weighted by Crippen LogP contribution is -2.24. The molecule has 0 spiro atoms. The number of phosphoric acid groups is 1. The van der Waals surface area contributed by atoms with Gasteiger partial charge in [0.05, 0.1) is 19.8 Å². The fourth-order valence-corrected chi connectivity index (χ4v) is 3.49. The van der Waals surface area contributed by atoms with Gasteiger partial charge in [-0.05, 0) is 6.42 Å². The molecule has 10 heteroatoms. The number of ether oxygens (including phenoxy) is 1. The predicted octanol–water partition coefficient (Wildman–Crippen LogP) is 3.08. The Morgan fingerprint density at radius 3 is 1.77 bits per heavy atom. The minimum atomic E-state index is -4.47. The van der Waals surface area contributed by atoms with Crippen LogP contribution in [0, 0.1) is 0 Å². The van der Waals surface area contributed by atoms with Crippen molar-refractivity contribution in [2.45, 2.75) is 96.2 Å². The average molecular weight is 457 g/mol. The van der Waals surface area contributed by atoms with Crippen molar-refractivity contribution in [3.05, 3.63) is 0 Å². The Labute approximate surface area is 180 Å². The first-order valence-electron chi connectivity index (χ1n) is 11.0. The summed E-state index contributed by atoms with van der Waals surface area (Å²) in [5.74, 6) is -0.431. The largest absolute Gasteiger partial charge is 0.472 e. The zero-order valence-corrected chi connectivity index (χ0v) is 19.1. The molecule has 0 aromatic heterocycles. The fourth-order valence-electron chi connectivity index (χ4n) is 2.69. The second-order valence-electron chi connectivity index (χ2n) is 7.52. The second kappa shape index (κ2) is 19.2. The zero-order valence-electron chi connectivity index (χ0n) is 18.2. The molecule has 0 rings (SSSR count). The molecule has 4 N–H and O–H groups in total. The number of hydrogen-bond donors (Lipinski definition) is 4. The summed E-state index contributed by atoms with van der Waals surface area (Å²) in [4.78, 5) is 21.0. The van der Waals surface area contributed by atoms with E-state index in [-0.39, 0.29) is 13.0 Å². The van der Waals surface area contributed by atoms with Gasteiger partial charge in [-0.15, -0.1) is 0 Å². The van der Waals surface area contributed by atoms with E-state index in [4.69, 9.17) is 14.9 Å². The fraction of sp³-hybridized carbons (Fsp3) is 0.950. The van der Waals surface area contributed by atoms with Crippen LogP contribution in [0.2, 0.25) is 0 Å². The van der Waals surface area contributed by atoms with Crippen molar-refractivity contribution in [1.29, 1.82) is 0 Å². The molecule has 0 radical (unpaired) electrons. The average Bonchev–Trinajstić information content (AvgIpc) is 2.73. The van der Waals surface area contributed by atoms with Crippen molar-refractivity contribution in [1.82, 2.24) is 0 Å². The number of unbranched alkanes of at least 4 members (excludes halogenated alkanes) is 10. The van der Waals surface area contributed by atoms with Gasteiger partial charge in [0.25, 0.3) is 0 Å². The molecule has 0 aromatic carbocycles. The van der Waals surface area contributed by atoms with Crippen molar-refractivity contribution >= 4 is 13.8 Å². The van der Waals surface area contributed by atoms with Gasteiger partial charge in [0.1, 0.15) is 18.8 Å². The van der Waals surface area contributed by atoms with Gasteiger partial charge < -0.3 is 24.9 Å². The maximum absolute atomic E-state index is 11.7.